The van der Waals surface area contributed by atoms with Crippen molar-refractivity contribution in [3.63, 3.8) is 0 Å². The standard InChI is InChI=1S/C6H12O8S/c1-2-3-4(7)5(8)6(9,13-3)14-15(10,11)12/h3-5,7-9H,2H2,1H3,(H,10,11,12)/t3-,4+,5-,6?/m1/s1. The summed E-state index contributed by atoms with van der Waals surface area (Å²) in [5.74, 6) is -2.95. The van der Waals surface area contributed by atoms with Gasteiger partial charge >= 0.3 is 16.4 Å². The van der Waals surface area contributed by atoms with Crippen LogP contribution < -0.4 is 0 Å². The van der Waals surface area contributed by atoms with E-state index in [-0.39, 0.29) is 6.42 Å². The largest absolute Gasteiger partial charge is 0.402 e. The van der Waals surface area contributed by atoms with Gasteiger partial charge < -0.3 is 20.1 Å². The number of aliphatic hydroxyl groups is 3. The summed E-state index contributed by atoms with van der Waals surface area (Å²) in [4.78, 5) is 0. The first-order chi connectivity index (χ1) is 6.69. The Bertz CT molecular complexity index is 326. The molecule has 0 aromatic heterocycles. The molecule has 8 nitrogen and oxygen atoms in total. The lowest BCUT2D eigenvalue weighted by Gasteiger charge is -2.22. The molecule has 0 spiro atoms. The lowest BCUT2D eigenvalue weighted by atomic mass is 10.1. The molecule has 1 aliphatic heterocycles. The van der Waals surface area contributed by atoms with E-state index in [9.17, 15) is 23.7 Å². The van der Waals surface area contributed by atoms with Gasteiger partial charge in [0.1, 0.15) is 6.10 Å². The molecule has 90 valence electrons. The maximum absolute atomic E-state index is 10.3. The summed E-state index contributed by atoms with van der Waals surface area (Å²) >= 11 is 0. The van der Waals surface area contributed by atoms with Gasteiger partial charge in [-0.1, -0.05) is 6.92 Å². The van der Waals surface area contributed by atoms with Crippen molar-refractivity contribution in [3.05, 3.63) is 0 Å². The van der Waals surface area contributed by atoms with Gasteiger partial charge in [-0.05, 0) is 6.42 Å². The fourth-order valence-corrected chi connectivity index (χ4v) is 1.76. The third-order valence-electron chi connectivity index (χ3n) is 2.03. The van der Waals surface area contributed by atoms with Crippen molar-refractivity contribution in [1.29, 1.82) is 0 Å². The van der Waals surface area contributed by atoms with Crippen LogP contribution in [0.3, 0.4) is 0 Å². The van der Waals surface area contributed by atoms with Crippen LogP contribution in [0.4, 0.5) is 0 Å². The quantitative estimate of drug-likeness (QED) is 0.330. The van der Waals surface area contributed by atoms with Crippen molar-refractivity contribution in [2.24, 2.45) is 0 Å². The van der Waals surface area contributed by atoms with Crippen molar-refractivity contribution >= 4 is 10.4 Å². The van der Waals surface area contributed by atoms with Crippen molar-refractivity contribution in [2.75, 3.05) is 0 Å². The number of hydrogen-bond acceptors (Lipinski definition) is 7. The van der Waals surface area contributed by atoms with Gasteiger partial charge in [0.2, 0.25) is 0 Å². The van der Waals surface area contributed by atoms with Gasteiger partial charge in [0.05, 0.1) is 6.10 Å². The van der Waals surface area contributed by atoms with Gasteiger partial charge in [-0.3, -0.25) is 4.55 Å². The second kappa shape index (κ2) is 3.94. The Morgan fingerprint density at radius 3 is 2.33 bits per heavy atom. The summed E-state index contributed by atoms with van der Waals surface area (Å²) in [5.41, 5.74) is 0. The maximum Gasteiger partial charge on any atom is 0.402 e. The van der Waals surface area contributed by atoms with E-state index in [4.69, 9.17) is 4.55 Å². The summed E-state index contributed by atoms with van der Waals surface area (Å²) < 4.78 is 37.3. The molecule has 9 heteroatoms. The molecule has 1 saturated heterocycles. The zero-order valence-electron chi connectivity index (χ0n) is 7.77. The second-order valence-electron chi connectivity index (χ2n) is 3.14. The predicted molar refractivity (Wildman–Crippen MR) is 44.8 cm³/mol. The van der Waals surface area contributed by atoms with Crippen molar-refractivity contribution in [1.82, 2.24) is 0 Å². The normalized spacial score (nSPS) is 42.1. The van der Waals surface area contributed by atoms with Crippen LogP contribution in [0.5, 0.6) is 0 Å². The SMILES string of the molecule is CC[C@H]1OC(O)(OS(=O)(=O)O)[C@H](O)[C@H]1O. The minimum atomic E-state index is -5.00. The van der Waals surface area contributed by atoms with Gasteiger partial charge in [0.15, 0.2) is 6.10 Å². The van der Waals surface area contributed by atoms with Gasteiger partial charge in [-0.25, -0.2) is 0 Å². The Morgan fingerprint density at radius 2 is 2.00 bits per heavy atom. The smallest absolute Gasteiger partial charge is 0.387 e. The van der Waals surface area contributed by atoms with Crippen molar-refractivity contribution < 1.29 is 37.2 Å². The molecule has 15 heavy (non-hydrogen) atoms. The predicted octanol–water partition coefficient (Wildman–Crippen LogP) is -2.02. The van der Waals surface area contributed by atoms with E-state index in [2.05, 4.69) is 8.92 Å². The summed E-state index contributed by atoms with van der Waals surface area (Å²) in [6, 6.07) is 0. The van der Waals surface area contributed by atoms with Crippen molar-refractivity contribution in [3.8, 4) is 0 Å². The van der Waals surface area contributed by atoms with E-state index in [0.29, 0.717) is 0 Å². The van der Waals surface area contributed by atoms with Crippen LogP contribution in [-0.2, 0) is 19.3 Å². The highest BCUT2D eigenvalue weighted by molar-refractivity contribution is 7.80. The van der Waals surface area contributed by atoms with E-state index >= 15 is 0 Å². The van der Waals surface area contributed by atoms with Crippen LogP contribution in [0.25, 0.3) is 0 Å². The number of rotatable bonds is 3. The van der Waals surface area contributed by atoms with E-state index in [1.54, 1.807) is 6.92 Å². The molecule has 1 fully saturated rings. The third kappa shape index (κ3) is 2.64. The van der Waals surface area contributed by atoms with Gasteiger partial charge in [-0.2, -0.15) is 12.6 Å². The Labute approximate surface area is 86.0 Å². The first kappa shape index (κ1) is 12.8. The molecule has 0 amide bonds. The van der Waals surface area contributed by atoms with Crippen LogP contribution in [0.1, 0.15) is 13.3 Å². The average molecular weight is 244 g/mol. The fraction of sp³-hybridized carbons (Fsp3) is 1.00. The Morgan fingerprint density at radius 1 is 1.47 bits per heavy atom. The average Bonchev–Trinajstić information content (AvgIpc) is 2.27. The Hall–Kier alpha value is -0.290. The monoisotopic (exact) mass is 244 g/mol. The Kier molecular flexibility index (Phi) is 3.36. The maximum atomic E-state index is 10.3. The molecule has 1 rings (SSSR count). The molecule has 0 aliphatic carbocycles. The topological polar surface area (TPSA) is 134 Å². The van der Waals surface area contributed by atoms with Crippen LogP contribution >= 0.6 is 0 Å². The molecule has 0 bridgehead atoms. The Balaban J connectivity index is 2.87. The molecule has 0 saturated carbocycles. The third-order valence-corrected chi connectivity index (χ3v) is 2.47. The highest BCUT2D eigenvalue weighted by Crippen LogP contribution is 2.32. The number of ether oxygens (including phenoxy) is 1. The summed E-state index contributed by atoms with van der Waals surface area (Å²) in [6.07, 6.45) is -4.24. The molecule has 0 aromatic rings. The van der Waals surface area contributed by atoms with Crippen LogP contribution in [0.15, 0.2) is 0 Å². The zero-order chi connectivity index (χ0) is 11.9. The molecule has 4 atom stereocenters. The highest BCUT2D eigenvalue weighted by Gasteiger charge is 2.56. The van der Waals surface area contributed by atoms with Gasteiger partial charge in [-0.15, -0.1) is 0 Å². The van der Waals surface area contributed by atoms with Crippen LogP contribution in [0.2, 0.25) is 0 Å². The molecule has 0 radical (unpaired) electrons. The number of hydrogen-bond donors (Lipinski definition) is 4. The van der Waals surface area contributed by atoms with Crippen LogP contribution in [-0.4, -0.2) is 52.6 Å². The molecule has 1 heterocycles. The molecule has 4 N–H and O–H groups in total. The number of aliphatic hydroxyl groups excluding tert-OH is 2. The lowest BCUT2D eigenvalue weighted by Crippen LogP contribution is -2.46. The van der Waals surface area contributed by atoms with E-state index in [1.807, 2.05) is 0 Å². The van der Waals surface area contributed by atoms with E-state index in [1.165, 1.54) is 0 Å². The van der Waals surface area contributed by atoms with E-state index in [0.717, 1.165) is 0 Å². The van der Waals surface area contributed by atoms with Gasteiger partial charge in [0.25, 0.3) is 0 Å². The first-order valence-corrected chi connectivity index (χ1v) is 5.50. The molecule has 0 aromatic carbocycles. The minimum absolute atomic E-state index is 0.218. The highest BCUT2D eigenvalue weighted by atomic mass is 32.3. The molecular weight excluding hydrogens is 232 g/mol. The fourth-order valence-electron chi connectivity index (χ4n) is 1.32. The molecular formula is C6H12O8S. The summed E-state index contributed by atoms with van der Waals surface area (Å²) in [5, 5.41) is 27.9. The lowest BCUT2D eigenvalue weighted by molar-refractivity contribution is -0.337. The first-order valence-electron chi connectivity index (χ1n) is 4.14. The molecule has 1 aliphatic rings. The van der Waals surface area contributed by atoms with Gasteiger partial charge in [0, 0.05) is 0 Å². The second-order valence-corrected chi connectivity index (χ2v) is 4.16. The van der Waals surface area contributed by atoms with Crippen LogP contribution in [0, 0.1) is 0 Å². The van der Waals surface area contributed by atoms with Crippen molar-refractivity contribution in [2.45, 2.75) is 37.6 Å². The minimum Gasteiger partial charge on any atom is -0.387 e. The van der Waals surface area contributed by atoms with E-state index < -0.39 is 34.7 Å². The zero-order valence-corrected chi connectivity index (χ0v) is 8.59. The summed E-state index contributed by atoms with van der Waals surface area (Å²) in [6.45, 7) is 1.58. The summed E-state index contributed by atoms with van der Waals surface area (Å²) in [7, 11) is -5.00. The molecule has 1 unspecified atom stereocenters.